The van der Waals surface area contributed by atoms with Crippen LogP contribution in [0.5, 0.6) is 5.75 Å². The number of carboxylic acids is 1. The number of rotatable bonds is 3. The molecule has 0 aliphatic rings. The molecule has 1 rings (SSSR count). The summed E-state index contributed by atoms with van der Waals surface area (Å²) in [6, 6.07) is 7.96. The maximum absolute atomic E-state index is 9.83. The summed E-state index contributed by atoms with van der Waals surface area (Å²) in [5, 5.41) is 8.09. The van der Waals surface area contributed by atoms with Gasteiger partial charge >= 0.3 is 5.97 Å². The Labute approximate surface area is 109 Å². The average molecular weight is 307 g/mol. The Bertz CT molecular complexity index is 314. The number of aliphatic carboxylic acids is 1. The van der Waals surface area contributed by atoms with E-state index in [4.69, 9.17) is 9.84 Å². The highest BCUT2D eigenvalue weighted by molar-refractivity contribution is 9.10. The number of ether oxygens (including phenoxy) is 1. The number of alkyl halides is 1. The Morgan fingerprint density at radius 3 is 2.25 bits per heavy atom. The number of aryl methyl sites for hydroxylation is 1. The van der Waals surface area contributed by atoms with Crippen LogP contribution in [0, 0.1) is 6.92 Å². The van der Waals surface area contributed by atoms with Crippen molar-refractivity contribution >= 4 is 34.5 Å². The van der Waals surface area contributed by atoms with Gasteiger partial charge in [0.05, 0.1) is 7.11 Å². The van der Waals surface area contributed by atoms with Gasteiger partial charge in [-0.2, -0.15) is 12.6 Å². The van der Waals surface area contributed by atoms with Gasteiger partial charge in [0, 0.05) is 5.75 Å². The number of carbonyl (C=O) groups is 1. The molecule has 90 valence electrons. The third-order valence-electron chi connectivity index (χ3n) is 1.68. The second-order valence-corrected chi connectivity index (χ2v) is 4.48. The van der Waals surface area contributed by atoms with Crippen LogP contribution in [-0.2, 0) is 4.79 Å². The second kappa shape index (κ2) is 8.47. The monoisotopic (exact) mass is 306 g/mol. The van der Waals surface area contributed by atoms with E-state index in [9.17, 15) is 4.79 Å². The lowest BCUT2D eigenvalue weighted by Gasteiger charge is -1.97. The van der Waals surface area contributed by atoms with Gasteiger partial charge in [-0.1, -0.05) is 33.6 Å². The molecular formula is C11H15BrO3S. The number of benzene rings is 1. The SMILES string of the molecule is COc1ccc(C)cc1.O=C(O)C(Br)CS. The topological polar surface area (TPSA) is 46.5 Å². The second-order valence-electron chi connectivity index (χ2n) is 3.01. The average Bonchev–Trinajstić information content (AvgIpc) is 2.29. The fourth-order valence-electron chi connectivity index (χ4n) is 0.752. The summed E-state index contributed by atoms with van der Waals surface area (Å²) < 4.78 is 4.97. The zero-order chi connectivity index (χ0) is 12.6. The molecule has 0 aliphatic carbocycles. The normalized spacial score (nSPS) is 11.0. The third kappa shape index (κ3) is 6.74. The van der Waals surface area contributed by atoms with Crippen LogP contribution >= 0.6 is 28.6 Å². The first-order chi connectivity index (χ1) is 7.51. The lowest BCUT2D eigenvalue weighted by atomic mass is 10.2. The fraction of sp³-hybridized carbons (Fsp3) is 0.364. The number of hydrogen-bond donors (Lipinski definition) is 2. The van der Waals surface area contributed by atoms with Gasteiger partial charge in [-0.3, -0.25) is 4.79 Å². The number of thiol groups is 1. The summed E-state index contributed by atoms with van der Waals surface area (Å²) in [7, 11) is 1.67. The van der Waals surface area contributed by atoms with Crippen LogP contribution in [-0.4, -0.2) is 28.8 Å². The Balaban J connectivity index is 0.000000293. The van der Waals surface area contributed by atoms with Crippen molar-refractivity contribution in [2.75, 3.05) is 12.9 Å². The van der Waals surface area contributed by atoms with Crippen molar-refractivity contribution in [1.29, 1.82) is 0 Å². The van der Waals surface area contributed by atoms with E-state index in [2.05, 4.69) is 35.5 Å². The summed E-state index contributed by atoms with van der Waals surface area (Å²) in [4.78, 5) is 9.33. The molecule has 0 bridgehead atoms. The van der Waals surface area contributed by atoms with Crippen molar-refractivity contribution in [1.82, 2.24) is 0 Å². The van der Waals surface area contributed by atoms with Crippen molar-refractivity contribution in [3.8, 4) is 5.75 Å². The molecule has 1 aromatic carbocycles. The predicted octanol–water partition coefficient (Wildman–Crippen LogP) is 2.77. The molecule has 0 heterocycles. The van der Waals surface area contributed by atoms with E-state index < -0.39 is 10.8 Å². The first-order valence-electron chi connectivity index (χ1n) is 4.59. The first kappa shape index (κ1) is 15.3. The van der Waals surface area contributed by atoms with E-state index >= 15 is 0 Å². The predicted molar refractivity (Wildman–Crippen MR) is 71.9 cm³/mol. The Morgan fingerprint density at radius 2 is 2.00 bits per heavy atom. The zero-order valence-corrected chi connectivity index (χ0v) is 11.7. The molecule has 0 fully saturated rings. The van der Waals surface area contributed by atoms with Crippen LogP contribution in [0.25, 0.3) is 0 Å². The summed E-state index contributed by atoms with van der Waals surface area (Å²) in [6.45, 7) is 2.06. The van der Waals surface area contributed by atoms with Gasteiger partial charge < -0.3 is 9.84 Å². The van der Waals surface area contributed by atoms with E-state index in [1.54, 1.807) is 7.11 Å². The summed E-state index contributed by atoms with van der Waals surface area (Å²) in [5.41, 5.74) is 1.26. The number of methoxy groups -OCH3 is 1. The van der Waals surface area contributed by atoms with Crippen molar-refractivity contribution in [3.05, 3.63) is 29.8 Å². The van der Waals surface area contributed by atoms with E-state index in [0.717, 1.165) is 5.75 Å². The van der Waals surface area contributed by atoms with Gasteiger partial charge in [0.2, 0.25) is 0 Å². The highest BCUT2D eigenvalue weighted by Gasteiger charge is 2.08. The van der Waals surface area contributed by atoms with Gasteiger partial charge in [-0.15, -0.1) is 0 Å². The molecular weight excluding hydrogens is 292 g/mol. The highest BCUT2D eigenvalue weighted by Crippen LogP contribution is 2.09. The number of carboxylic acid groups (broad SMARTS) is 1. The minimum Gasteiger partial charge on any atom is -0.497 e. The largest absolute Gasteiger partial charge is 0.497 e. The summed E-state index contributed by atoms with van der Waals surface area (Å²) >= 11 is 6.59. The maximum Gasteiger partial charge on any atom is 0.318 e. The van der Waals surface area contributed by atoms with E-state index in [0.29, 0.717) is 5.75 Å². The van der Waals surface area contributed by atoms with Crippen LogP contribution < -0.4 is 4.74 Å². The molecule has 1 aromatic rings. The quantitative estimate of drug-likeness (QED) is 0.667. The Hall–Kier alpha value is -0.680. The lowest BCUT2D eigenvalue weighted by Crippen LogP contribution is -2.13. The van der Waals surface area contributed by atoms with Gasteiger partial charge in [-0.25, -0.2) is 0 Å². The van der Waals surface area contributed by atoms with E-state index in [-0.39, 0.29) is 0 Å². The van der Waals surface area contributed by atoms with Crippen LogP contribution in [0.4, 0.5) is 0 Å². The molecule has 0 aromatic heterocycles. The molecule has 0 spiro atoms. The van der Waals surface area contributed by atoms with Gasteiger partial charge in [0.1, 0.15) is 10.6 Å². The van der Waals surface area contributed by atoms with E-state index in [1.165, 1.54) is 5.56 Å². The summed E-state index contributed by atoms with van der Waals surface area (Å²) in [5.74, 6) is 0.380. The van der Waals surface area contributed by atoms with Crippen LogP contribution in [0.2, 0.25) is 0 Å². The third-order valence-corrected chi connectivity index (χ3v) is 3.27. The molecule has 1 atom stereocenters. The van der Waals surface area contributed by atoms with Crippen molar-refractivity contribution in [2.45, 2.75) is 11.8 Å². The van der Waals surface area contributed by atoms with Crippen molar-refractivity contribution in [3.63, 3.8) is 0 Å². The molecule has 1 unspecified atom stereocenters. The Kier molecular flexibility index (Phi) is 8.11. The van der Waals surface area contributed by atoms with Gasteiger partial charge in [0.25, 0.3) is 0 Å². The molecule has 0 radical (unpaired) electrons. The summed E-state index contributed by atoms with van der Waals surface area (Å²) in [6.07, 6.45) is 0. The minimum atomic E-state index is -0.866. The zero-order valence-electron chi connectivity index (χ0n) is 9.18. The Morgan fingerprint density at radius 1 is 1.50 bits per heavy atom. The molecule has 3 nitrogen and oxygen atoms in total. The van der Waals surface area contributed by atoms with Crippen LogP contribution in [0.15, 0.2) is 24.3 Å². The fourth-order valence-corrected chi connectivity index (χ4v) is 0.909. The molecule has 0 saturated carbocycles. The first-order valence-corrected chi connectivity index (χ1v) is 6.14. The van der Waals surface area contributed by atoms with Crippen LogP contribution in [0.1, 0.15) is 5.56 Å². The maximum atomic E-state index is 9.83. The standard InChI is InChI=1S/C8H10O.C3H5BrO2S/c1-7-3-5-8(9-2)6-4-7;4-2(1-7)3(5)6/h3-6H,1-2H3;2,7H,1H2,(H,5,6). The molecule has 5 heteroatoms. The van der Waals surface area contributed by atoms with Crippen molar-refractivity contribution < 1.29 is 14.6 Å². The van der Waals surface area contributed by atoms with Crippen molar-refractivity contribution in [2.24, 2.45) is 0 Å². The molecule has 16 heavy (non-hydrogen) atoms. The molecule has 0 saturated heterocycles. The minimum absolute atomic E-state index is 0.329. The molecule has 1 N–H and O–H groups in total. The van der Waals surface area contributed by atoms with Gasteiger partial charge in [0.15, 0.2) is 0 Å². The number of hydrogen-bond acceptors (Lipinski definition) is 3. The number of halogens is 1. The molecule has 0 amide bonds. The van der Waals surface area contributed by atoms with Crippen LogP contribution in [0.3, 0.4) is 0 Å². The lowest BCUT2D eigenvalue weighted by molar-refractivity contribution is -0.135. The highest BCUT2D eigenvalue weighted by atomic mass is 79.9. The van der Waals surface area contributed by atoms with Gasteiger partial charge in [-0.05, 0) is 19.1 Å². The van der Waals surface area contributed by atoms with E-state index in [1.807, 2.05) is 24.3 Å². The molecule has 0 aliphatic heterocycles. The smallest absolute Gasteiger partial charge is 0.318 e.